The molecule has 0 atom stereocenters. The summed E-state index contributed by atoms with van der Waals surface area (Å²) in [6.07, 6.45) is -2.71. The highest BCUT2D eigenvalue weighted by Gasteiger charge is 2.21. The number of halogens is 2. The van der Waals surface area contributed by atoms with Crippen LogP contribution in [-0.2, 0) is 4.74 Å². The van der Waals surface area contributed by atoms with Gasteiger partial charge in [0.2, 0.25) is 0 Å². The molecule has 1 aromatic heterocycles. The molecule has 16 heavy (non-hydrogen) atoms. The van der Waals surface area contributed by atoms with Gasteiger partial charge in [0.25, 0.3) is 6.43 Å². The maximum absolute atomic E-state index is 12.4. The molecular weight excluding hydrogens is 220 g/mol. The molecule has 0 aliphatic heterocycles. The summed E-state index contributed by atoms with van der Waals surface area (Å²) in [7, 11) is 2.48. The van der Waals surface area contributed by atoms with Crippen LogP contribution in [0.25, 0.3) is 0 Å². The number of pyridine rings is 1. The molecule has 0 aliphatic carbocycles. The molecule has 0 saturated carbocycles. The molecule has 88 valence electrons. The molecular formula is C10H11F2NO3. The minimum Gasteiger partial charge on any atom is -0.496 e. The molecule has 0 spiro atoms. The van der Waals surface area contributed by atoms with Crippen LogP contribution in [-0.4, -0.2) is 25.2 Å². The Balaban J connectivity index is 3.34. The molecule has 0 aliphatic rings. The van der Waals surface area contributed by atoms with Gasteiger partial charge in [0.1, 0.15) is 17.0 Å². The molecule has 1 aromatic rings. The van der Waals surface area contributed by atoms with E-state index >= 15 is 0 Å². The van der Waals surface area contributed by atoms with E-state index in [2.05, 4.69) is 9.72 Å². The van der Waals surface area contributed by atoms with Crippen molar-refractivity contribution in [3.05, 3.63) is 23.0 Å². The number of carbonyl (C=O) groups excluding carboxylic acids is 1. The minimum atomic E-state index is -2.71. The van der Waals surface area contributed by atoms with Gasteiger partial charge in [-0.05, 0) is 6.92 Å². The van der Waals surface area contributed by atoms with Crippen LogP contribution in [0.2, 0.25) is 0 Å². The Kier molecular flexibility index (Phi) is 3.76. The number of carbonyl (C=O) groups is 1. The van der Waals surface area contributed by atoms with E-state index in [0.717, 1.165) is 6.07 Å². The average molecular weight is 231 g/mol. The van der Waals surface area contributed by atoms with Gasteiger partial charge in [-0.1, -0.05) is 0 Å². The van der Waals surface area contributed by atoms with E-state index in [9.17, 15) is 13.6 Å². The zero-order valence-corrected chi connectivity index (χ0v) is 9.08. The van der Waals surface area contributed by atoms with Gasteiger partial charge in [-0.2, -0.15) is 0 Å². The fourth-order valence-corrected chi connectivity index (χ4v) is 1.29. The van der Waals surface area contributed by atoms with Crippen molar-refractivity contribution < 1.29 is 23.0 Å². The first-order valence-corrected chi connectivity index (χ1v) is 4.43. The largest absolute Gasteiger partial charge is 0.496 e. The summed E-state index contributed by atoms with van der Waals surface area (Å²) >= 11 is 0. The van der Waals surface area contributed by atoms with Crippen LogP contribution >= 0.6 is 0 Å². The lowest BCUT2D eigenvalue weighted by molar-refractivity contribution is 0.0594. The number of hydrogen-bond donors (Lipinski definition) is 0. The van der Waals surface area contributed by atoms with Crippen molar-refractivity contribution in [3.8, 4) is 5.75 Å². The molecule has 0 saturated heterocycles. The van der Waals surface area contributed by atoms with Crippen molar-refractivity contribution in [2.24, 2.45) is 0 Å². The molecule has 4 nitrogen and oxygen atoms in total. The van der Waals surface area contributed by atoms with E-state index in [4.69, 9.17) is 4.74 Å². The molecule has 0 bridgehead atoms. The number of aromatic nitrogens is 1. The second-order valence-corrected chi connectivity index (χ2v) is 3.00. The Morgan fingerprint density at radius 1 is 1.44 bits per heavy atom. The Morgan fingerprint density at radius 2 is 2.06 bits per heavy atom. The Bertz CT molecular complexity index is 407. The van der Waals surface area contributed by atoms with Gasteiger partial charge in [-0.15, -0.1) is 0 Å². The second-order valence-electron chi connectivity index (χ2n) is 3.00. The smallest absolute Gasteiger partial charge is 0.343 e. The van der Waals surface area contributed by atoms with E-state index < -0.39 is 18.1 Å². The number of methoxy groups -OCH3 is 2. The SMILES string of the molecule is COC(=O)c1c(OC)cc(C(F)F)nc1C. The second kappa shape index (κ2) is 4.87. The minimum absolute atomic E-state index is 0.0367. The molecule has 1 heterocycles. The Labute approximate surface area is 91.2 Å². The van der Waals surface area contributed by atoms with Crippen molar-refractivity contribution in [1.29, 1.82) is 0 Å². The van der Waals surface area contributed by atoms with Crippen molar-refractivity contribution in [1.82, 2.24) is 4.98 Å². The molecule has 0 fully saturated rings. The zero-order valence-electron chi connectivity index (χ0n) is 9.08. The van der Waals surface area contributed by atoms with E-state index in [1.807, 2.05) is 0 Å². The Morgan fingerprint density at radius 3 is 2.50 bits per heavy atom. The number of hydrogen-bond acceptors (Lipinski definition) is 4. The Hall–Kier alpha value is -1.72. The van der Waals surface area contributed by atoms with Crippen LogP contribution in [0, 0.1) is 6.92 Å². The van der Waals surface area contributed by atoms with Crippen molar-refractivity contribution in [3.63, 3.8) is 0 Å². The molecule has 0 radical (unpaired) electrons. The van der Waals surface area contributed by atoms with Crippen LogP contribution < -0.4 is 4.74 Å². The van der Waals surface area contributed by atoms with Gasteiger partial charge in [-0.25, -0.2) is 13.6 Å². The number of aryl methyl sites for hydroxylation is 1. The topological polar surface area (TPSA) is 48.4 Å². The highest BCUT2D eigenvalue weighted by molar-refractivity contribution is 5.93. The van der Waals surface area contributed by atoms with Crippen LogP contribution in [0.5, 0.6) is 5.75 Å². The molecule has 0 N–H and O–H groups in total. The van der Waals surface area contributed by atoms with Gasteiger partial charge < -0.3 is 9.47 Å². The molecule has 0 amide bonds. The van der Waals surface area contributed by atoms with E-state index in [1.165, 1.54) is 21.1 Å². The summed E-state index contributed by atoms with van der Waals surface area (Å²) in [5.41, 5.74) is -0.210. The number of rotatable bonds is 3. The fraction of sp³-hybridized carbons (Fsp3) is 0.400. The van der Waals surface area contributed by atoms with Crippen LogP contribution in [0.1, 0.15) is 28.2 Å². The van der Waals surface area contributed by atoms with Crippen LogP contribution in [0.4, 0.5) is 8.78 Å². The molecule has 0 unspecified atom stereocenters. The first-order valence-electron chi connectivity index (χ1n) is 4.43. The molecule has 0 aromatic carbocycles. The summed E-state index contributed by atoms with van der Waals surface area (Å²) in [5, 5.41) is 0. The normalized spacial score (nSPS) is 10.4. The van der Waals surface area contributed by atoms with Gasteiger partial charge in [0, 0.05) is 6.07 Å². The average Bonchev–Trinajstić information content (AvgIpc) is 2.26. The summed E-state index contributed by atoms with van der Waals surface area (Å²) in [6.45, 7) is 1.45. The van der Waals surface area contributed by atoms with Crippen molar-refractivity contribution >= 4 is 5.97 Å². The third-order valence-corrected chi connectivity index (χ3v) is 2.02. The van der Waals surface area contributed by atoms with Crippen molar-refractivity contribution in [2.75, 3.05) is 14.2 Å². The first kappa shape index (κ1) is 12.4. The lowest BCUT2D eigenvalue weighted by Gasteiger charge is -2.11. The summed E-state index contributed by atoms with van der Waals surface area (Å²) in [5.74, 6) is -0.627. The monoisotopic (exact) mass is 231 g/mol. The van der Waals surface area contributed by atoms with Gasteiger partial charge in [0.05, 0.1) is 19.9 Å². The predicted molar refractivity (Wildman–Crippen MR) is 51.8 cm³/mol. The van der Waals surface area contributed by atoms with Gasteiger partial charge >= 0.3 is 5.97 Å². The number of esters is 1. The summed E-state index contributed by atoms with van der Waals surface area (Å²) in [4.78, 5) is 15.0. The quantitative estimate of drug-likeness (QED) is 0.747. The third kappa shape index (κ3) is 2.26. The molecule has 6 heteroatoms. The highest BCUT2D eigenvalue weighted by atomic mass is 19.3. The van der Waals surface area contributed by atoms with Gasteiger partial charge in [0.15, 0.2) is 0 Å². The third-order valence-electron chi connectivity index (χ3n) is 2.02. The molecule has 1 rings (SSSR count). The van der Waals surface area contributed by atoms with Crippen molar-refractivity contribution in [2.45, 2.75) is 13.3 Å². The van der Waals surface area contributed by atoms with Crippen LogP contribution in [0.3, 0.4) is 0 Å². The van der Waals surface area contributed by atoms with Crippen LogP contribution in [0.15, 0.2) is 6.07 Å². The number of ether oxygens (including phenoxy) is 2. The fourth-order valence-electron chi connectivity index (χ4n) is 1.29. The zero-order chi connectivity index (χ0) is 12.3. The van der Waals surface area contributed by atoms with E-state index in [0.29, 0.717) is 0 Å². The number of nitrogens with zero attached hydrogens (tertiary/aromatic N) is 1. The lowest BCUT2D eigenvalue weighted by atomic mass is 10.1. The maximum atomic E-state index is 12.4. The lowest BCUT2D eigenvalue weighted by Crippen LogP contribution is -2.09. The summed E-state index contributed by atoms with van der Waals surface area (Å²) in [6, 6.07) is 1.03. The summed E-state index contributed by atoms with van der Waals surface area (Å²) < 4.78 is 34.3. The number of alkyl halides is 2. The van der Waals surface area contributed by atoms with Gasteiger partial charge in [-0.3, -0.25) is 4.98 Å². The standard InChI is InChI=1S/C10H11F2NO3/c1-5-8(10(14)16-3)7(15-2)4-6(13-5)9(11)12/h4,9H,1-3H3. The predicted octanol–water partition coefficient (Wildman–Crippen LogP) is 2.12. The highest BCUT2D eigenvalue weighted by Crippen LogP contribution is 2.27. The van der Waals surface area contributed by atoms with E-state index in [-0.39, 0.29) is 17.0 Å². The maximum Gasteiger partial charge on any atom is 0.343 e. The first-order chi connectivity index (χ1) is 7.51. The van der Waals surface area contributed by atoms with E-state index in [1.54, 1.807) is 0 Å².